The lowest BCUT2D eigenvalue weighted by Gasteiger charge is -2.25. The molecule has 12 heavy (non-hydrogen) atoms. The van der Waals surface area contributed by atoms with Crippen molar-refractivity contribution in [3.8, 4) is 0 Å². The summed E-state index contributed by atoms with van der Waals surface area (Å²) < 4.78 is 5.08. The van der Waals surface area contributed by atoms with E-state index in [0.29, 0.717) is 0 Å². The van der Waals surface area contributed by atoms with Crippen LogP contribution in [0.25, 0.3) is 0 Å². The van der Waals surface area contributed by atoms with Gasteiger partial charge in [0.1, 0.15) is 0 Å². The van der Waals surface area contributed by atoms with Crippen molar-refractivity contribution in [1.82, 2.24) is 4.90 Å². The van der Waals surface area contributed by atoms with Crippen LogP contribution in [0, 0.1) is 0 Å². The molecule has 0 aromatic heterocycles. The molecule has 0 N–H and O–H groups in total. The number of hydrogen-bond donors (Lipinski definition) is 1. The first kappa shape index (κ1) is 10.7. The SMILES string of the molecule is SSOCCCN1CCCCC1. The Morgan fingerprint density at radius 3 is 2.67 bits per heavy atom. The summed E-state index contributed by atoms with van der Waals surface area (Å²) in [4.78, 5) is 2.52. The molecule has 0 spiro atoms. The van der Waals surface area contributed by atoms with E-state index in [1.165, 1.54) is 38.9 Å². The van der Waals surface area contributed by atoms with Crippen LogP contribution < -0.4 is 0 Å². The van der Waals surface area contributed by atoms with Gasteiger partial charge in [0.05, 0.1) is 17.7 Å². The van der Waals surface area contributed by atoms with Crippen molar-refractivity contribution in [1.29, 1.82) is 0 Å². The molecule has 72 valence electrons. The van der Waals surface area contributed by atoms with Crippen LogP contribution in [0.3, 0.4) is 0 Å². The fourth-order valence-corrected chi connectivity index (χ4v) is 1.98. The molecule has 1 aliphatic heterocycles. The minimum atomic E-state index is 0.824. The number of hydrogen-bond acceptors (Lipinski definition) is 4. The summed E-state index contributed by atoms with van der Waals surface area (Å²) >= 11 is 5.07. The lowest BCUT2D eigenvalue weighted by Crippen LogP contribution is -2.30. The maximum Gasteiger partial charge on any atom is 0.0636 e. The fraction of sp³-hybridized carbons (Fsp3) is 1.00. The Morgan fingerprint density at radius 2 is 2.00 bits per heavy atom. The first-order chi connectivity index (χ1) is 5.93. The molecule has 1 fully saturated rings. The van der Waals surface area contributed by atoms with Crippen molar-refractivity contribution in [3.63, 3.8) is 0 Å². The molecule has 0 aromatic rings. The monoisotopic (exact) mass is 207 g/mol. The van der Waals surface area contributed by atoms with Gasteiger partial charge in [0.2, 0.25) is 0 Å². The molecule has 1 saturated heterocycles. The molecule has 0 aliphatic carbocycles. The van der Waals surface area contributed by atoms with E-state index < -0.39 is 0 Å². The summed E-state index contributed by atoms with van der Waals surface area (Å²) in [5, 5.41) is 0. The van der Waals surface area contributed by atoms with Gasteiger partial charge in [-0.3, -0.25) is 0 Å². The molecule has 0 saturated carbocycles. The molecule has 0 radical (unpaired) electrons. The van der Waals surface area contributed by atoms with Gasteiger partial charge in [0.15, 0.2) is 0 Å². The van der Waals surface area contributed by atoms with E-state index in [0.717, 1.165) is 24.1 Å². The molecule has 0 unspecified atom stereocenters. The molecule has 0 bridgehead atoms. The summed E-state index contributed by atoms with van der Waals surface area (Å²) in [6.45, 7) is 4.58. The molecule has 0 aromatic carbocycles. The first-order valence-corrected chi connectivity index (χ1v) is 6.38. The third kappa shape index (κ3) is 4.60. The smallest absolute Gasteiger partial charge is 0.0636 e. The van der Waals surface area contributed by atoms with Gasteiger partial charge < -0.3 is 9.08 Å². The summed E-state index contributed by atoms with van der Waals surface area (Å²) in [5.41, 5.74) is 0. The molecule has 0 amide bonds. The van der Waals surface area contributed by atoms with E-state index in [2.05, 4.69) is 16.6 Å². The Bertz CT molecular complexity index is 107. The number of likely N-dealkylation sites (tertiary alicyclic amines) is 1. The Labute approximate surface area is 84.0 Å². The molecular weight excluding hydrogens is 190 g/mol. The van der Waals surface area contributed by atoms with E-state index >= 15 is 0 Å². The van der Waals surface area contributed by atoms with Gasteiger partial charge in [0, 0.05) is 6.54 Å². The highest BCUT2D eigenvalue weighted by Crippen LogP contribution is 2.10. The average Bonchev–Trinajstić information content (AvgIpc) is 2.14. The van der Waals surface area contributed by atoms with Crippen LogP contribution in [0.1, 0.15) is 25.7 Å². The number of nitrogens with zero attached hydrogens (tertiary/aromatic N) is 1. The van der Waals surface area contributed by atoms with Gasteiger partial charge >= 0.3 is 0 Å². The highest BCUT2D eigenvalue weighted by Gasteiger charge is 2.08. The van der Waals surface area contributed by atoms with Gasteiger partial charge in [-0.2, -0.15) is 0 Å². The second kappa shape index (κ2) is 7.06. The standard InChI is InChI=1S/C8H17NOS2/c11-12-10-8-4-7-9-5-2-1-3-6-9/h11H,1-8H2. The van der Waals surface area contributed by atoms with Crippen LogP contribution in [0.2, 0.25) is 0 Å². The molecule has 1 heterocycles. The van der Waals surface area contributed by atoms with Crippen LogP contribution in [0.4, 0.5) is 0 Å². The van der Waals surface area contributed by atoms with Gasteiger partial charge in [-0.25, -0.2) is 0 Å². The zero-order chi connectivity index (χ0) is 8.65. The van der Waals surface area contributed by atoms with Crippen LogP contribution in [-0.4, -0.2) is 31.1 Å². The molecule has 1 aliphatic rings. The van der Waals surface area contributed by atoms with Gasteiger partial charge in [-0.1, -0.05) is 18.1 Å². The number of rotatable bonds is 5. The summed E-state index contributed by atoms with van der Waals surface area (Å²) in [6.07, 6.45) is 5.30. The zero-order valence-corrected chi connectivity index (χ0v) is 9.08. The number of piperidine rings is 1. The fourth-order valence-electron chi connectivity index (χ4n) is 1.57. The lowest BCUT2D eigenvalue weighted by atomic mass is 10.1. The Balaban J connectivity index is 1.91. The van der Waals surface area contributed by atoms with E-state index in [9.17, 15) is 0 Å². The van der Waals surface area contributed by atoms with Crippen molar-refractivity contribution in [2.45, 2.75) is 25.7 Å². The molecule has 2 nitrogen and oxygen atoms in total. The van der Waals surface area contributed by atoms with E-state index in [4.69, 9.17) is 4.18 Å². The van der Waals surface area contributed by atoms with Crippen molar-refractivity contribution >= 4 is 22.7 Å². The maximum atomic E-state index is 5.08. The van der Waals surface area contributed by atoms with Crippen molar-refractivity contribution < 1.29 is 4.18 Å². The highest BCUT2D eigenvalue weighted by atomic mass is 33.1. The molecular formula is C8H17NOS2. The van der Waals surface area contributed by atoms with Gasteiger partial charge in [0.25, 0.3) is 0 Å². The van der Waals surface area contributed by atoms with Crippen LogP contribution >= 0.6 is 22.7 Å². The number of thiol groups is 1. The van der Waals surface area contributed by atoms with E-state index in [1.807, 2.05) is 0 Å². The summed E-state index contributed by atoms with van der Waals surface area (Å²) in [7, 11) is 0. The van der Waals surface area contributed by atoms with Gasteiger partial charge in [-0.05, 0) is 32.4 Å². The Morgan fingerprint density at radius 1 is 1.25 bits per heavy atom. The first-order valence-electron chi connectivity index (χ1n) is 4.59. The van der Waals surface area contributed by atoms with E-state index in [1.54, 1.807) is 0 Å². The topological polar surface area (TPSA) is 12.5 Å². The third-order valence-electron chi connectivity index (χ3n) is 2.20. The summed E-state index contributed by atoms with van der Waals surface area (Å²) in [5.74, 6) is 0. The van der Waals surface area contributed by atoms with Crippen molar-refractivity contribution in [3.05, 3.63) is 0 Å². The maximum absolute atomic E-state index is 5.08. The van der Waals surface area contributed by atoms with Crippen LogP contribution in [0.5, 0.6) is 0 Å². The third-order valence-corrected chi connectivity index (χ3v) is 2.79. The molecule has 0 atom stereocenters. The van der Waals surface area contributed by atoms with Crippen LogP contribution in [-0.2, 0) is 4.18 Å². The predicted molar refractivity (Wildman–Crippen MR) is 57.4 cm³/mol. The second-order valence-corrected chi connectivity index (χ2v) is 3.98. The molecule has 4 heteroatoms. The van der Waals surface area contributed by atoms with Crippen LogP contribution in [0.15, 0.2) is 0 Å². The average molecular weight is 207 g/mol. The van der Waals surface area contributed by atoms with Gasteiger partial charge in [-0.15, -0.1) is 0 Å². The predicted octanol–water partition coefficient (Wildman–Crippen LogP) is 2.37. The van der Waals surface area contributed by atoms with Crippen molar-refractivity contribution in [2.24, 2.45) is 0 Å². The second-order valence-electron chi connectivity index (χ2n) is 3.15. The Kier molecular flexibility index (Phi) is 6.30. The highest BCUT2D eigenvalue weighted by molar-refractivity contribution is 8.66. The normalized spacial score (nSPS) is 19.8. The Hall–Kier alpha value is 0.620. The minimum absolute atomic E-state index is 0.824. The summed E-state index contributed by atoms with van der Waals surface area (Å²) in [6, 6.07) is 0. The lowest BCUT2D eigenvalue weighted by molar-refractivity contribution is 0.212. The quantitative estimate of drug-likeness (QED) is 0.322. The minimum Gasteiger partial charge on any atom is -0.305 e. The van der Waals surface area contributed by atoms with Crippen molar-refractivity contribution in [2.75, 3.05) is 26.2 Å². The zero-order valence-electron chi connectivity index (χ0n) is 7.37. The largest absolute Gasteiger partial charge is 0.305 e. The molecule has 1 rings (SSSR count). The van der Waals surface area contributed by atoms with E-state index in [-0.39, 0.29) is 0 Å².